The van der Waals surface area contributed by atoms with Crippen molar-refractivity contribution in [3.05, 3.63) is 29.3 Å². The summed E-state index contributed by atoms with van der Waals surface area (Å²) in [5, 5.41) is 6.20. The van der Waals surface area contributed by atoms with Crippen LogP contribution in [-0.2, 0) is 10.0 Å². The van der Waals surface area contributed by atoms with Gasteiger partial charge in [0.05, 0.1) is 11.9 Å². The van der Waals surface area contributed by atoms with E-state index in [9.17, 15) is 13.2 Å². The fourth-order valence-electron chi connectivity index (χ4n) is 2.32. The van der Waals surface area contributed by atoms with E-state index >= 15 is 0 Å². The molecular weight excluding hydrogens is 290 g/mol. The van der Waals surface area contributed by atoms with Crippen molar-refractivity contribution in [1.82, 2.24) is 10.6 Å². The molecule has 1 aliphatic rings. The number of piperidine rings is 1. The van der Waals surface area contributed by atoms with Crippen LogP contribution in [0, 0.1) is 6.92 Å². The zero-order chi connectivity index (χ0) is 15.5. The third-order valence-corrected chi connectivity index (χ3v) is 4.02. The molecule has 1 unspecified atom stereocenters. The van der Waals surface area contributed by atoms with E-state index in [0.717, 1.165) is 37.8 Å². The summed E-state index contributed by atoms with van der Waals surface area (Å²) in [6, 6.07) is 5.14. The molecule has 6 nitrogen and oxygen atoms in total. The minimum absolute atomic E-state index is 0.124. The quantitative estimate of drug-likeness (QED) is 0.769. The van der Waals surface area contributed by atoms with Crippen LogP contribution in [0.1, 0.15) is 28.8 Å². The second kappa shape index (κ2) is 6.44. The maximum Gasteiger partial charge on any atom is 0.251 e. The summed E-state index contributed by atoms with van der Waals surface area (Å²) >= 11 is 0. The van der Waals surface area contributed by atoms with E-state index in [0.29, 0.717) is 11.3 Å². The molecule has 1 amide bonds. The van der Waals surface area contributed by atoms with Gasteiger partial charge in [-0.3, -0.25) is 9.52 Å². The summed E-state index contributed by atoms with van der Waals surface area (Å²) in [6.45, 7) is 3.55. The number of carbonyl (C=O) groups is 1. The predicted molar refractivity (Wildman–Crippen MR) is 83.0 cm³/mol. The summed E-state index contributed by atoms with van der Waals surface area (Å²) in [5.41, 5.74) is 1.67. The lowest BCUT2D eigenvalue weighted by Gasteiger charge is -2.24. The van der Waals surface area contributed by atoms with Crippen LogP contribution in [0.5, 0.6) is 0 Å². The van der Waals surface area contributed by atoms with Crippen LogP contribution >= 0.6 is 0 Å². The molecule has 1 aromatic rings. The van der Waals surface area contributed by atoms with Gasteiger partial charge in [-0.2, -0.15) is 0 Å². The third kappa shape index (κ3) is 4.71. The monoisotopic (exact) mass is 311 g/mol. The lowest BCUT2D eigenvalue weighted by atomic mass is 10.1. The number of sulfonamides is 1. The van der Waals surface area contributed by atoms with Crippen LogP contribution in [0.25, 0.3) is 0 Å². The van der Waals surface area contributed by atoms with Crippen molar-refractivity contribution in [2.24, 2.45) is 0 Å². The SMILES string of the molecule is Cc1ccc(C(=O)NC2CCCNC2)cc1NS(C)(=O)=O. The highest BCUT2D eigenvalue weighted by atomic mass is 32.2. The summed E-state index contributed by atoms with van der Waals surface area (Å²) in [6.07, 6.45) is 3.09. The first-order valence-corrected chi connectivity index (χ1v) is 8.84. The highest BCUT2D eigenvalue weighted by Crippen LogP contribution is 2.18. The first kappa shape index (κ1) is 15.8. The van der Waals surface area contributed by atoms with E-state index in [4.69, 9.17) is 0 Å². The van der Waals surface area contributed by atoms with E-state index in [-0.39, 0.29) is 11.9 Å². The molecule has 1 fully saturated rings. The van der Waals surface area contributed by atoms with Crippen molar-refractivity contribution < 1.29 is 13.2 Å². The normalized spacial score (nSPS) is 19.0. The first-order chi connectivity index (χ1) is 9.85. The first-order valence-electron chi connectivity index (χ1n) is 6.95. The zero-order valence-electron chi connectivity index (χ0n) is 12.3. The number of amides is 1. The van der Waals surface area contributed by atoms with Crippen LogP contribution in [0.4, 0.5) is 5.69 Å². The lowest BCUT2D eigenvalue weighted by molar-refractivity contribution is 0.0930. The van der Waals surface area contributed by atoms with Crippen molar-refractivity contribution in [2.45, 2.75) is 25.8 Å². The third-order valence-electron chi connectivity index (χ3n) is 3.43. The topological polar surface area (TPSA) is 87.3 Å². The van der Waals surface area contributed by atoms with Gasteiger partial charge in [0.2, 0.25) is 10.0 Å². The molecule has 0 aliphatic carbocycles. The number of benzene rings is 1. The molecule has 1 aromatic carbocycles. The average molecular weight is 311 g/mol. The smallest absolute Gasteiger partial charge is 0.251 e. The second-order valence-corrected chi connectivity index (χ2v) is 7.17. The molecule has 1 aliphatic heterocycles. The van der Waals surface area contributed by atoms with Gasteiger partial charge in [0.25, 0.3) is 5.91 Å². The minimum Gasteiger partial charge on any atom is -0.348 e. The van der Waals surface area contributed by atoms with Gasteiger partial charge in [-0.1, -0.05) is 6.07 Å². The van der Waals surface area contributed by atoms with Gasteiger partial charge in [0, 0.05) is 18.2 Å². The lowest BCUT2D eigenvalue weighted by Crippen LogP contribution is -2.45. The number of anilines is 1. The van der Waals surface area contributed by atoms with Crippen LogP contribution < -0.4 is 15.4 Å². The number of carbonyl (C=O) groups excluding carboxylic acids is 1. The molecule has 3 N–H and O–H groups in total. The molecule has 7 heteroatoms. The fraction of sp³-hybridized carbons (Fsp3) is 0.500. The molecule has 0 aromatic heterocycles. The fourth-order valence-corrected chi connectivity index (χ4v) is 2.94. The number of aryl methyl sites for hydroxylation is 1. The van der Waals surface area contributed by atoms with E-state index in [1.807, 2.05) is 0 Å². The minimum atomic E-state index is -3.36. The highest BCUT2D eigenvalue weighted by Gasteiger charge is 2.17. The Hall–Kier alpha value is -1.60. The van der Waals surface area contributed by atoms with Crippen molar-refractivity contribution in [2.75, 3.05) is 24.1 Å². The van der Waals surface area contributed by atoms with Crippen LogP contribution in [-0.4, -0.2) is 39.7 Å². The summed E-state index contributed by atoms with van der Waals surface area (Å²) in [4.78, 5) is 12.2. The van der Waals surface area contributed by atoms with E-state index in [1.165, 1.54) is 0 Å². The molecule has 2 rings (SSSR count). The van der Waals surface area contributed by atoms with Gasteiger partial charge in [-0.25, -0.2) is 8.42 Å². The summed E-state index contributed by atoms with van der Waals surface area (Å²) in [5.74, 6) is -0.180. The number of hydrogen-bond acceptors (Lipinski definition) is 4. The van der Waals surface area contributed by atoms with Gasteiger partial charge in [-0.05, 0) is 44.0 Å². The van der Waals surface area contributed by atoms with Gasteiger partial charge in [-0.15, -0.1) is 0 Å². The van der Waals surface area contributed by atoms with E-state index < -0.39 is 10.0 Å². The average Bonchev–Trinajstić information content (AvgIpc) is 2.41. The maximum absolute atomic E-state index is 12.2. The van der Waals surface area contributed by atoms with Crippen LogP contribution in [0.2, 0.25) is 0 Å². The van der Waals surface area contributed by atoms with Gasteiger partial charge in [0.1, 0.15) is 0 Å². The van der Waals surface area contributed by atoms with Gasteiger partial charge >= 0.3 is 0 Å². The van der Waals surface area contributed by atoms with Crippen molar-refractivity contribution in [3.8, 4) is 0 Å². The van der Waals surface area contributed by atoms with E-state index in [1.54, 1.807) is 25.1 Å². The second-order valence-electron chi connectivity index (χ2n) is 5.42. The predicted octanol–water partition coefficient (Wildman–Crippen LogP) is 0.848. The Kier molecular flexibility index (Phi) is 4.84. The number of rotatable bonds is 4. The molecule has 1 saturated heterocycles. The molecule has 0 saturated carbocycles. The Morgan fingerprint density at radius 1 is 1.38 bits per heavy atom. The Balaban J connectivity index is 2.12. The Labute approximate surface area is 125 Å². The maximum atomic E-state index is 12.2. The number of nitrogens with one attached hydrogen (secondary N) is 3. The Morgan fingerprint density at radius 2 is 2.14 bits per heavy atom. The standard InChI is InChI=1S/C14H21N3O3S/c1-10-5-6-11(8-13(10)17-21(2,19)20)14(18)16-12-4-3-7-15-9-12/h5-6,8,12,15,17H,3-4,7,9H2,1-2H3,(H,16,18). The van der Waals surface area contributed by atoms with Gasteiger partial charge in [0.15, 0.2) is 0 Å². The molecule has 1 atom stereocenters. The number of hydrogen-bond donors (Lipinski definition) is 3. The largest absolute Gasteiger partial charge is 0.348 e. The van der Waals surface area contributed by atoms with E-state index in [2.05, 4.69) is 15.4 Å². The molecule has 0 radical (unpaired) electrons. The zero-order valence-corrected chi connectivity index (χ0v) is 13.1. The Morgan fingerprint density at radius 3 is 2.76 bits per heavy atom. The van der Waals surface area contributed by atoms with Crippen LogP contribution in [0.3, 0.4) is 0 Å². The molecule has 116 valence electrons. The van der Waals surface area contributed by atoms with Crippen molar-refractivity contribution in [3.63, 3.8) is 0 Å². The van der Waals surface area contributed by atoms with Gasteiger partial charge < -0.3 is 10.6 Å². The molecule has 0 bridgehead atoms. The summed E-state index contributed by atoms with van der Waals surface area (Å²) < 4.78 is 25.1. The molecule has 0 spiro atoms. The molecule has 1 heterocycles. The van der Waals surface area contributed by atoms with Crippen LogP contribution in [0.15, 0.2) is 18.2 Å². The molecule has 21 heavy (non-hydrogen) atoms. The highest BCUT2D eigenvalue weighted by molar-refractivity contribution is 7.92. The molecular formula is C14H21N3O3S. The van der Waals surface area contributed by atoms with Crippen molar-refractivity contribution >= 4 is 21.6 Å². The summed E-state index contributed by atoms with van der Waals surface area (Å²) in [7, 11) is -3.36. The van der Waals surface area contributed by atoms with Crippen molar-refractivity contribution in [1.29, 1.82) is 0 Å². The Bertz CT molecular complexity index is 622.